The van der Waals surface area contributed by atoms with E-state index in [2.05, 4.69) is 38.8 Å². The molecular formula is C11H22Br2O2. The predicted molar refractivity (Wildman–Crippen MR) is 72.3 cm³/mol. The molecule has 0 heterocycles. The molecular weight excluding hydrogens is 324 g/mol. The molecule has 4 heteroatoms. The Hall–Kier alpha value is 0.880. The standard InChI is InChI=1S/C11H22Br2O2/c1-11(15-9-5-3-7-13)10-14-8-4-2-6-12/h11H,2-10H2,1H3. The molecule has 0 aliphatic carbocycles. The minimum atomic E-state index is 0.226. The van der Waals surface area contributed by atoms with E-state index in [4.69, 9.17) is 9.47 Å². The highest BCUT2D eigenvalue weighted by molar-refractivity contribution is 9.09. The predicted octanol–water partition coefficient (Wildman–Crippen LogP) is 3.76. The minimum Gasteiger partial charge on any atom is -0.379 e. The average molecular weight is 346 g/mol. The summed E-state index contributed by atoms with van der Waals surface area (Å²) >= 11 is 6.79. The van der Waals surface area contributed by atoms with Gasteiger partial charge in [-0.15, -0.1) is 0 Å². The smallest absolute Gasteiger partial charge is 0.0780 e. The van der Waals surface area contributed by atoms with Crippen molar-refractivity contribution >= 4 is 31.9 Å². The quantitative estimate of drug-likeness (QED) is 0.419. The normalized spacial score (nSPS) is 13.0. The molecule has 1 atom stereocenters. The molecule has 0 saturated heterocycles. The summed E-state index contributed by atoms with van der Waals surface area (Å²) in [6.07, 6.45) is 4.84. The number of unbranched alkanes of at least 4 members (excludes halogenated alkanes) is 2. The van der Waals surface area contributed by atoms with E-state index in [1.54, 1.807) is 0 Å². The van der Waals surface area contributed by atoms with Crippen LogP contribution in [-0.2, 0) is 9.47 Å². The molecule has 0 spiro atoms. The molecule has 0 aliphatic heterocycles. The Bertz CT molecular complexity index is 123. The van der Waals surface area contributed by atoms with Crippen LogP contribution in [0, 0.1) is 0 Å². The molecule has 15 heavy (non-hydrogen) atoms. The molecule has 0 aromatic heterocycles. The second-order valence-electron chi connectivity index (χ2n) is 3.55. The van der Waals surface area contributed by atoms with E-state index in [9.17, 15) is 0 Å². The molecule has 0 aromatic rings. The molecule has 0 aromatic carbocycles. The van der Waals surface area contributed by atoms with Gasteiger partial charge in [-0.25, -0.2) is 0 Å². The first kappa shape index (κ1) is 15.9. The second-order valence-corrected chi connectivity index (χ2v) is 5.13. The first-order valence-electron chi connectivity index (χ1n) is 5.62. The van der Waals surface area contributed by atoms with E-state index in [1.165, 1.54) is 12.8 Å². The highest BCUT2D eigenvalue weighted by Crippen LogP contribution is 2.00. The highest BCUT2D eigenvalue weighted by Gasteiger charge is 2.01. The lowest BCUT2D eigenvalue weighted by Crippen LogP contribution is -2.17. The van der Waals surface area contributed by atoms with Crippen LogP contribution < -0.4 is 0 Å². The van der Waals surface area contributed by atoms with E-state index in [-0.39, 0.29) is 6.10 Å². The van der Waals surface area contributed by atoms with E-state index >= 15 is 0 Å². The fourth-order valence-electron chi connectivity index (χ4n) is 1.08. The summed E-state index contributed by atoms with van der Waals surface area (Å²) in [6, 6.07) is 0. The van der Waals surface area contributed by atoms with E-state index < -0.39 is 0 Å². The maximum atomic E-state index is 5.60. The van der Waals surface area contributed by atoms with Crippen molar-refractivity contribution in [1.29, 1.82) is 0 Å². The van der Waals surface area contributed by atoms with Gasteiger partial charge in [0.05, 0.1) is 12.7 Å². The second kappa shape index (κ2) is 12.9. The summed E-state index contributed by atoms with van der Waals surface area (Å²) in [5.74, 6) is 0. The van der Waals surface area contributed by atoms with E-state index in [0.29, 0.717) is 0 Å². The number of alkyl halides is 2. The van der Waals surface area contributed by atoms with Gasteiger partial charge in [0.2, 0.25) is 0 Å². The van der Waals surface area contributed by atoms with Crippen LogP contribution in [0.2, 0.25) is 0 Å². The first-order chi connectivity index (χ1) is 7.31. The molecule has 0 radical (unpaired) electrons. The third kappa shape index (κ3) is 12.8. The van der Waals surface area contributed by atoms with Crippen molar-refractivity contribution < 1.29 is 9.47 Å². The molecule has 0 saturated carbocycles. The van der Waals surface area contributed by atoms with E-state index in [0.717, 1.165) is 43.3 Å². The fourth-order valence-corrected chi connectivity index (χ4v) is 1.87. The average Bonchev–Trinajstić information content (AvgIpc) is 2.24. The molecule has 0 amide bonds. The van der Waals surface area contributed by atoms with Crippen LogP contribution in [0.15, 0.2) is 0 Å². The van der Waals surface area contributed by atoms with Crippen LogP contribution >= 0.6 is 31.9 Å². The van der Waals surface area contributed by atoms with Gasteiger partial charge in [-0.2, -0.15) is 0 Å². The molecule has 92 valence electrons. The van der Waals surface area contributed by atoms with Gasteiger partial charge in [0.25, 0.3) is 0 Å². The monoisotopic (exact) mass is 344 g/mol. The van der Waals surface area contributed by atoms with Crippen molar-refractivity contribution in [2.75, 3.05) is 30.5 Å². The summed E-state index contributed by atoms with van der Waals surface area (Å²) in [5.41, 5.74) is 0. The van der Waals surface area contributed by atoms with Crippen molar-refractivity contribution in [1.82, 2.24) is 0 Å². The van der Waals surface area contributed by atoms with Crippen molar-refractivity contribution in [3.63, 3.8) is 0 Å². The number of ether oxygens (including phenoxy) is 2. The minimum absolute atomic E-state index is 0.226. The van der Waals surface area contributed by atoms with Crippen molar-refractivity contribution in [3.05, 3.63) is 0 Å². The van der Waals surface area contributed by atoms with Crippen molar-refractivity contribution in [3.8, 4) is 0 Å². The zero-order valence-corrected chi connectivity index (χ0v) is 12.7. The molecule has 0 fully saturated rings. The van der Waals surface area contributed by atoms with Crippen LogP contribution in [0.5, 0.6) is 0 Å². The number of halogens is 2. The van der Waals surface area contributed by atoms with Gasteiger partial charge in [-0.05, 0) is 32.6 Å². The Kier molecular flexibility index (Phi) is 13.7. The maximum Gasteiger partial charge on any atom is 0.0780 e. The Morgan fingerprint density at radius 1 is 0.933 bits per heavy atom. The number of rotatable bonds is 11. The number of hydrogen-bond donors (Lipinski definition) is 0. The van der Waals surface area contributed by atoms with Gasteiger partial charge in [0.15, 0.2) is 0 Å². The van der Waals surface area contributed by atoms with Gasteiger partial charge in [-0.3, -0.25) is 0 Å². The highest BCUT2D eigenvalue weighted by atomic mass is 79.9. The maximum absolute atomic E-state index is 5.60. The molecule has 0 rings (SSSR count). The summed E-state index contributed by atoms with van der Waals surface area (Å²) < 4.78 is 11.1. The Balaban J connectivity index is 3.08. The summed E-state index contributed by atoms with van der Waals surface area (Å²) in [6.45, 7) is 4.48. The largest absolute Gasteiger partial charge is 0.379 e. The third-order valence-corrected chi connectivity index (χ3v) is 3.08. The van der Waals surface area contributed by atoms with Gasteiger partial charge in [-0.1, -0.05) is 31.9 Å². The molecule has 0 bridgehead atoms. The molecule has 2 nitrogen and oxygen atoms in total. The zero-order valence-electron chi connectivity index (χ0n) is 9.51. The van der Waals surface area contributed by atoms with Crippen LogP contribution in [0.3, 0.4) is 0 Å². The van der Waals surface area contributed by atoms with Crippen molar-refractivity contribution in [2.45, 2.75) is 38.7 Å². The van der Waals surface area contributed by atoms with Crippen LogP contribution in [0.25, 0.3) is 0 Å². The SMILES string of the molecule is CC(COCCCCBr)OCCCCBr. The Morgan fingerprint density at radius 2 is 1.53 bits per heavy atom. The Morgan fingerprint density at radius 3 is 2.13 bits per heavy atom. The van der Waals surface area contributed by atoms with Crippen molar-refractivity contribution in [2.24, 2.45) is 0 Å². The third-order valence-electron chi connectivity index (χ3n) is 1.96. The van der Waals surface area contributed by atoms with E-state index in [1.807, 2.05) is 0 Å². The summed E-state index contributed by atoms with van der Waals surface area (Å²) in [4.78, 5) is 0. The lowest BCUT2D eigenvalue weighted by molar-refractivity contribution is -0.00794. The molecule has 0 aliphatic rings. The molecule has 1 unspecified atom stereocenters. The fraction of sp³-hybridized carbons (Fsp3) is 1.00. The van der Waals surface area contributed by atoms with Crippen LogP contribution in [0.4, 0.5) is 0 Å². The topological polar surface area (TPSA) is 18.5 Å². The van der Waals surface area contributed by atoms with Gasteiger partial charge < -0.3 is 9.47 Å². The molecule has 0 N–H and O–H groups in total. The van der Waals surface area contributed by atoms with Crippen LogP contribution in [0.1, 0.15) is 32.6 Å². The van der Waals surface area contributed by atoms with Gasteiger partial charge >= 0.3 is 0 Å². The van der Waals surface area contributed by atoms with Crippen LogP contribution in [-0.4, -0.2) is 36.6 Å². The lowest BCUT2D eigenvalue weighted by atomic mass is 10.3. The lowest BCUT2D eigenvalue weighted by Gasteiger charge is -2.13. The van der Waals surface area contributed by atoms with Gasteiger partial charge in [0, 0.05) is 23.9 Å². The van der Waals surface area contributed by atoms with Gasteiger partial charge in [0.1, 0.15) is 0 Å². The number of hydrogen-bond acceptors (Lipinski definition) is 2. The summed E-state index contributed by atoms with van der Waals surface area (Å²) in [5, 5.41) is 2.13. The summed E-state index contributed by atoms with van der Waals surface area (Å²) in [7, 11) is 0. The zero-order chi connectivity index (χ0) is 11.4. The Labute approximate surface area is 110 Å². The first-order valence-corrected chi connectivity index (χ1v) is 7.86.